The fraction of sp³-hybridized carbons (Fsp3) is 0.412. The van der Waals surface area contributed by atoms with Gasteiger partial charge in [0.05, 0.1) is 6.04 Å². The Kier molecular flexibility index (Phi) is 4.91. The summed E-state index contributed by atoms with van der Waals surface area (Å²) in [6, 6.07) is 9.03. The Morgan fingerprint density at radius 3 is 2.64 bits per heavy atom. The van der Waals surface area contributed by atoms with Gasteiger partial charge in [0.25, 0.3) is 5.91 Å². The molecule has 1 N–H and O–H groups in total. The van der Waals surface area contributed by atoms with Crippen LogP contribution in [0.4, 0.5) is 0 Å². The topological polar surface area (TPSA) is 55.1 Å². The van der Waals surface area contributed by atoms with Crippen molar-refractivity contribution in [1.82, 2.24) is 10.5 Å². The van der Waals surface area contributed by atoms with E-state index in [1.54, 1.807) is 6.07 Å². The molecule has 1 atom stereocenters. The van der Waals surface area contributed by atoms with E-state index in [0.717, 1.165) is 5.56 Å². The minimum Gasteiger partial charge on any atom is -0.361 e. The van der Waals surface area contributed by atoms with Gasteiger partial charge in [0.1, 0.15) is 5.76 Å². The van der Waals surface area contributed by atoms with Crippen molar-refractivity contribution in [3.05, 3.63) is 52.4 Å². The monoisotopic (exact) mass is 320 g/mol. The van der Waals surface area contributed by atoms with Gasteiger partial charge in [-0.1, -0.05) is 56.6 Å². The van der Waals surface area contributed by atoms with Crippen molar-refractivity contribution in [2.24, 2.45) is 5.41 Å². The predicted octanol–water partition coefficient (Wildman–Crippen LogP) is 4.41. The molecule has 0 saturated heterocycles. The summed E-state index contributed by atoms with van der Waals surface area (Å²) in [7, 11) is 0. The number of nitrogens with zero attached hydrogens (tertiary/aromatic N) is 1. The van der Waals surface area contributed by atoms with Crippen molar-refractivity contribution in [1.29, 1.82) is 0 Å². The molecule has 4 nitrogen and oxygen atoms in total. The molecule has 1 aromatic carbocycles. The van der Waals surface area contributed by atoms with E-state index in [0.29, 0.717) is 22.9 Å². The van der Waals surface area contributed by atoms with Crippen LogP contribution < -0.4 is 5.32 Å². The number of benzene rings is 1. The fourth-order valence-electron chi connectivity index (χ4n) is 2.28. The third-order valence-electron chi connectivity index (χ3n) is 3.46. The highest BCUT2D eigenvalue weighted by atomic mass is 35.5. The highest BCUT2D eigenvalue weighted by molar-refractivity contribution is 6.30. The number of rotatable bonds is 4. The molecule has 0 radical (unpaired) electrons. The van der Waals surface area contributed by atoms with Crippen molar-refractivity contribution in [3.63, 3.8) is 0 Å². The van der Waals surface area contributed by atoms with Gasteiger partial charge in [-0.05, 0) is 23.1 Å². The van der Waals surface area contributed by atoms with E-state index < -0.39 is 0 Å². The minimum absolute atomic E-state index is 0.169. The van der Waals surface area contributed by atoms with Crippen molar-refractivity contribution in [3.8, 4) is 0 Å². The Morgan fingerprint density at radius 2 is 2.09 bits per heavy atom. The van der Waals surface area contributed by atoms with Crippen molar-refractivity contribution in [2.45, 2.75) is 40.2 Å². The maximum Gasteiger partial charge on any atom is 0.273 e. The van der Waals surface area contributed by atoms with Crippen molar-refractivity contribution < 1.29 is 9.32 Å². The molecule has 0 fully saturated rings. The molecular weight excluding hydrogens is 300 g/mol. The van der Waals surface area contributed by atoms with Gasteiger partial charge in [0, 0.05) is 17.5 Å². The molecule has 1 unspecified atom stereocenters. The van der Waals surface area contributed by atoms with Gasteiger partial charge in [0.2, 0.25) is 0 Å². The maximum atomic E-state index is 12.4. The van der Waals surface area contributed by atoms with E-state index in [9.17, 15) is 4.79 Å². The first-order chi connectivity index (χ1) is 10.3. The lowest BCUT2D eigenvalue weighted by atomic mass is 9.82. The second-order valence-corrected chi connectivity index (χ2v) is 6.80. The number of amides is 1. The lowest BCUT2D eigenvalue weighted by Crippen LogP contribution is -2.36. The summed E-state index contributed by atoms with van der Waals surface area (Å²) in [5, 5.41) is 7.50. The van der Waals surface area contributed by atoms with Crippen LogP contribution in [0.2, 0.25) is 5.02 Å². The van der Waals surface area contributed by atoms with E-state index in [2.05, 4.69) is 31.2 Å². The maximum absolute atomic E-state index is 12.4. The molecule has 0 aliphatic rings. The van der Waals surface area contributed by atoms with Crippen LogP contribution in [0.25, 0.3) is 0 Å². The second kappa shape index (κ2) is 6.53. The average Bonchev–Trinajstić information content (AvgIpc) is 2.92. The van der Waals surface area contributed by atoms with Gasteiger partial charge in [-0.15, -0.1) is 0 Å². The predicted molar refractivity (Wildman–Crippen MR) is 87.0 cm³/mol. The summed E-state index contributed by atoms with van der Waals surface area (Å²) < 4.78 is 5.10. The highest BCUT2D eigenvalue weighted by Crippen LogP contribution is 2.34. The zero-order chi connectivity index (χ0) is 16.3. The van der Waals surface area contributed by atoms with Crippen LogP contribution in [0.1, 0.15) is 55.5 Å². The molecule has 1 heterocycles. The Bertz CT molecular complexity index is 659. The highest BCUT2D eigenvalue weighted by Gasteiger charge is 2.29. The number of aryl methyl sites for hydroxylation is 1. The van der Waals surface area contributed by atoms with Gasteiger partial charge in [-0.2, -0.15) is 0 Å². The van der Waals surface area contributed by atoms with Gasteiger partial charge in [-0.25, -0.2) is 0 Å². The zero-order valence-electron chi connectivity index (χ0n) is 13.3. The molecule has 0 saturated carbocycles. The van der Waals surface area contributed by atoms with Crippen LogP contribution in [0, 0.1) is 5.41 Å². The van der Waals surface area contributed by atoms with E-state index in [4.69, 9.17) is 16.1 Å². The van der Waals surface area contributed by atoms with Crippen LogP contribution >= 0.6 is 11.6 Å². The van der Waals surface area contributed by atoms with E-state index in [-0.39, 0.29) is 17.4 Å². The van der Waals surface area contributed by atoms with Crippen molar-refractivity contribution >= 4 is 17.5 Å². The Balaban J connectivity index is 2.26. The lowest BCUT2D eigenvalue weighted by molar-refractivity contribution is 0.0892. The quantitative estimate of drug-likeness (QED) is 0.908. The summed E-state index contributed by atoms with van der Waals surface area (Å²) in [5.41, 5.74) is 1.10. The first-order valence-electron chi connectivity index (χ1n) is 7.33. The van der Waals surface area contributed by atoms with Gasteiger partial charge in [0.15, 0.2) is 5.69 Å². The summed E-state index contributed by atoms with van der Waals surface area (Å²) in [6.07, 6.45) is 0.706. The van der Waals surface area contributed by atoms with E-state index in [1.165, 1.54) is 0 Å². The molecule has 118 valence electrons. The second-order valence-electron chi connectivity index (χ2n) is 6.36. The molecule has 2 rings (SSSR count). The van der Waals surface area contributed by atoms with Crippen LogP contribution in [-0.2, 0) is 6.42 Å². The van der Waals surface area contributed by atoms with Crippen LogP contribution in [0.3, 0.4) is 0 Å². The fourth-order valence-corrected chi connectivity index (χ4v) is 2.48. The number of carbonyl (C=O) groups excluding carboxylic acids is 1. The van der Waals surface area contributed by atoms with E-state index in [1.807, 2.05) is 31.2 Å². The molecule has 2 aromatic rings. The first kappa shape index (κ1) is 16.6. The van der Waals surface area contributed by atoms with Gasteiger partial charge in [-0.3, -0.25) is 4.79 Å². The van der Waals surface area contributed by atoms with Gasteiger partial charge >= 0.3 is 0 Å². The molecule has 1 amide bonds. The Labute approximate surface area is 135 Å². The minimum atomic E-state index is -0.247. The number of aromatic nitrogens is 1. The summed E-state index contributed by atoms with van der Waals surface area (Å²) in [4.78, 5) is 12.4. The zero-order valence-corrected chi connectivity index (χ0v) is 14.1. The molecule has 0 spiro atoms. The third kappa shape index (κ3) is 3.89. The summed E-state index contributed by atoms with van der Waals surface area (Å²) in [6.45, 7) is 8.16. The van der Waals surface area contributed by atoms with Crippen LogP contribution in [0.5, 0.6) is 0 Å². The van der Waals surface area contributed by atoms with Crippen LogP contribution in [0.15, 0.2) is 34.9 Å². The average molecular weight is 321 g/mol. The van der Waals surface area contributed by atoms with Crippen molar-refractivity contribution in [2.75, 3.05) is 0 Å². The number of carbonyl (C=O) groups is 1. The third-order valence-corrected chi connectivity index (χ3v) is 3.70. The number of hydrogen-bond acceptors (Lipinski definition) is 3. The Hall–Kier alpha value is -1.81. The largest absolute Gasteiger partial charge is 0.361 e. The molecular formula is C17H21ClN2O2. The van der Waals surface area contributed by atoms with E-state index >= 15 is 0 Å². The molecule has 0 aliphatic heterocycles. The normalized spacial score (nSPS) is 13.0. The summed E-state index contributed by atoms with van der Waals surface area (Å²) >= 11 is 6.07. The number of hydrogen-bond donors (Lipinski definition) is 1. The molecule has 1 aromatic heterocycles. The first-order valence-corrected chi connectivity index (χ1v) is 7.71. The van der Waals surface area contributed by atoms with Gasteiger partial charge < -0.3 is 9.84 Å². The standard InChI is InChI=1S/C17H21ClN2O2/c1-5-13-10-14(20-22-13)16(21)19-15(17(2,3)4)11-7-6-8-12(18)9-11/h6-10,15H,5H2,1-4H3,(H,19,21). The Morgan fingerprint density at radius 1 is 1.36 bits per heavy atom. The van der Waals surface area contributed by atoms with Crippen LogP contribution in [-0.4, -0.2) is 11.1 Å². The number of nitrogens with one attached hydrogen (secondary N) is 1. The molecule has 0 bridgehead atoms. The lowest BCUT2D eigenvalue weighted by Gasteiger charge is -2.31. The number of halogens is 1. The smallest absolute Gasteiger partial charge is 0.273 e. The molecule has 22 heavy (non-hydrogen) atoms. The molecule has 5 heteroatoms. The molecule has 0 aliphatic carbocycles. The summed E-state index contributed by atoms with van der Waals surface area (Å²) in [5.74, 6) is 0.448. The SMILES string of the molecule is CCc1cc(C(=O)NC(c2cccc(Cl)c2)C(C)(C)C)no1.